The Balaban J connectivity index is 1.89. The lowest BCUT2D eigenvalue weighted by Crippen LogP contribution is -2.08. The number of aryl methyl sites for hydroxylation is 2. The van der Waals surface area contributed by atoms with Crippen LogP contribution < -0.4 is 4.74 Å². The Hall–Kier alpha value is -3.58. The van der Waals surface area contributed by atoms with Crippen molar-refractivity contribution in [2.24, 2.45) is 4.99 Å². The van der Waals surface area contributed by atoms with Gasteiger partial charge >= 0.3 is 5.97 Å². The minimum atomic E-state index is -1.22. The molecule has 2 aliphatic rings. The van der Waals surface area contributed by atoms with Gasteiger partial charge in [0.05, 0.1) is 6.61 Å². The van der Waals surface area contributed by atoms with Crippen LogP contribution in [-0.4, -0.2) is 49.3 Å². The van der Waals surface area contributed by atoms with Crippen LogP contribution >= 0.6 is 0 Å². The quantitative estimate of drug-likeness (QED) is 0.507. The van der Waals surface area contributed by atoms with Crippen LogP contribution in [0.1, 0.15) is 48.0 Å². The standard InChI is InChI=1S/C28H31NO6/c1-17-13-24(30)23(28(31)32)16-29-10-9-19-14-26(34-12-6-11-33-3)22(15-21(17)19)27-18(2)35-25-8-5-4-7-20(25)27/h4,7,13-16,30H,5-6,8-12H2,1-3H3,(H,31,32)/b17-13+,24-23?,29-16?. The van der Waals surface area contributed by atoms with Gasteiger partial charge in [0.2, 0.25) is 0 Å². The smallest absolute Gasteiger partial charge is 0.341 e. The minimum Gasteiger partial charge on any atom is -0.507 e. The van der Waals surface area contributed by atoms with Crippen molar-refractivity contribution in [1.29, 1.82) is 0 Å². The molecule has 0 amide bonds. The van der Waals surface area contributed by atoms with Crippen LogP contribution in [0.25, 0.3) is 22.8 Å². The van der Waals surface area contributed by atoms with Crippen LogP contribution in [0.5, 0.6) is 5.75 Å². The third-order valence-corrected chi connectivity index (χ3v) is 6.26. The fourth-order valence-corrected chi connectivity index (χ4v) is 4.56. The highest BCUT2D eigenvalue weighted by Gasteiger charge is 2.24. The molecule has 0 saturated carbocycles. The van der Waals surface area contributed by atoms with Crippen molar-refractivity contribution < 1.29 is 28.9 Å². The first-order chi connectivity index (χ1) is 16.9. The third kappa shape index (κ3) is 5.25. The number of benzene rings is 1. The molecule has 2 aromatic rings. The average molecular weight is 478 g/mol. The van der Waals surface area contributed by atoms with Crippen molar-refractivity contribution in [3.05, 3.63) is 63.8 Å². The third-order valence-electron chi connectivity index (χ3n) is 6.26. The number of carboxylic acid groups (broad SMARTS) is 1. The number of aliphatic hydroxyl groups excluding tert-OH is 1. The van der Waals surface area contributed by atoms with Gasteiger partial charge in [-0.15, -0.1) is 0 Å². The molecule has 2 heterocycles. The second-order valence-electron chi connectivity index (χ2n) is 8.73. The van der Waals surface area contributed by atoms with Crippen molar-refractivity contribution >= 4 is 23.8 Å². The lowest BCUT2D eigenvalue weighted by Gasteiger charge is -2.19. The molecule has 35 heavy (non-hydrogen) atoms. The topological polar surface area (TPSA) is 101 Å². The van der Waals surface area contributed by atoms with Crippen LogP contribution in [0, 0.1) is 6.92 Å². The summed E-state index contributed by atoms with van der Waals surface area (Å²) in [5.74, 6) is 1.01. The highest BCUT2D eigenvalue weighted by Crippen LogP contribution is 2.43. The van der Waals surface area contributed by atoms with Gasteiger partial charge in [-0.2, -0.15) is 0 Å². The number of furan rings is 1. The first-order valence-corrected chi connectivity index (χ1v) is 11.8. The summed E-state index contributed by atoms with van der Waals surface area (Å²) in [5, 5.41) is 20.0. The Morgan fingerprint density at radius 2 is 2.00 bits per heavy atom. The molecule has 184 valence electrons. The Kier molecular flexibility index (Phi) is 7.56. The molecule has 0 bridgehead atoms. The van der Waals surface area contributed by atoms with E-state index in [2.05, 4.69) is 23.2 Å². The van der Waals surface area contributed by atoms with Crippen LogP contribution in [0.15, 0.2) is 45.0 Å². The van der Waals surface area contributed by atoms with Gasteiger partial charge < -0.3 is 24.1 Å². The predicted molar refractivity (Wildman–Crippen MR) is 136 cm³/mol. The normalized spacial score (nSPS) is 16.9. The summed E-state index contributed by atoms with van der Waals surface area (Å²) in [6.45, 7) is 5.33. The minimum absolute atomic E-state index is 0.226. The van der Waals surface area contributed by atoms with Gasteiger partial charge in [0.25, 0.3) is 0 Å². The second kappa shape index (κ2) is 10.8. The van der Waals surface area contributed by atoms with Gasteiger partial charge in [0, 0.05) is 56.0 Å². The number of carboxylic acids is 1. The summed E-state index contributed by atoms with van der Waals surface area (Å²) in [6.07, 6.45) is 10.1. The van der Waals surface area contributed by atoms with Crippen molar-refractivity contribution in [2.75, 3.05) is 26.9 Å². The van der Waals surface area contributed by atoms with Gasteiger partial charge in [-0.3, -0.25) is 4.99 Å². The van der Waals surface area contributed by atoms with E-state index in [1.807, 2.05) is 19.9 Å². The predicted octanol–water partition coefficient (Wildman–Crippen LogP) is 5.56. The van der Waals surface area contributed by atoms with E-state index in [0.717, 1.165) is 69.9 Å². The largest absolute Gasteiger partial charge is 0.507 e. The van der Waals surface area contributed by atoms with E-state index in [1.165, 1.54) is 12.3 Å². The summed E-state index contributed by atoms with van der Waals surface area (Å²) < 4.78 is 17.6. The van der Waals surface area contributed by atoms with Gasteiger partial charge in [0.15, 0.2) is 0 Å². The van der Waals surface area contributed by atoms with Gasteiger partial charge in [0.1, 0.15) is 28.6 Å². The van der Waals surface area contributed by atoms with E-state index < -0.39 is 5.97 Å². The summed E-state index contributed by atoms with van der Waals surface area (Å²) in [6, 6.07) is 4.10. The number of fused-ring (bicyclic) bond motifs is 2. The lowest BCUT2D eigenvalue weighted by atomic mass is 9.89. The maximum absolute atomic E-state index is 11.6. The maximum Gasteiger partial charge on any atom is 0.341 e. The molecule has 1 aliphatic carbocycles. The van der Waals surface area contributed by atoms with Crippen molar-refractivity contribution in [1.82, 2.24) is 0 Å². The molecule has 0 radical (unpaired) electrons. The Morgan fingerprint density at radius 3 is 2.77 bits per heavy atom. The van der Waals surface area contributed by atoms with E-state index in [4.69, 9.17) is 13.9 Å². The van der Waals surface area contributed by atoms with E-state index in [1.54, 1.807) is 7.11 Å². The first-order valence-electron chi connectivity index (χ1n) is 11.8. The molecule has 0 saturated heterocycles. The number of aliphatic hydroxyl groups is 1. The summed E-state index contributed by atoms with van der Waals surface area (Å²) in [7, 11) is 1.67. The SMILES string of the molecule is COCCCOc1cc2c(cc1-c1c(C)oc3c1C=CCC3)/C(C)=C/C(O)=C(C(=O)O)C=NCC2. The average Bonchev–Trinajstić information content (AvgIpc) is 3.16. The highest BCUT2D eigenvalue weighted by molar-refractivity contribution is 6.09. The number of aliphatic carboxylic acids is 1. The number of allylic oxidation sites excluding steroid dienone is 3. The van der Waals surface area contributed by atoms with Crippen LogP contribution in [-0.2, 0) is 22.4 Å². The summed E-state index contributed by atoms with van der Waals surface area (Å²) in [5.41, 5.74) is 5.42. The molecule has 4 rings (SSSR count). The second-order valence-corrected chi connectivity index (χ2v) is 8.73. The number of hydrogen-bond acceptors (Lipinski definition) is 6. The Morgan fingerprint density at radius 1 is 1.17 bits per heavy atom. The fraction of sp³-hybridized carbons (Fsp3) is 0.357. The fourth-order valence-electron chi connectivity index (χ4n) is 4.56. The zero-order valence-electron chi connectivity index (χ0n) is 20.4. The molecule has 7 nitrogen and oxygen atoms in total. The Labute approximate surface area is 205 Å². The molecule has 0 spiro atoms. The molecule has 1 aromatic heterocycles. The van der Waals surface area contributed by atoms with Crippen molar-refractivity contribution in [3.63, 3.8) is 0 Å². The molecular weight excluding hydrogens is 446 g/mol. The summed E-state index contributed by atoms with van der Waals surface area (Å²) in [4.78, 5) is 15.8. The molecule has 0 atom stereocenters. The van der Waals surface area contributed by atoms with Gasteiger partial charge in [-0.05, 0) is 61.6 Å². The number of rotatable bonds is 7. The summed E-state index contributed by atoms with van der Waals surface area (Å²) >= 11 is 0. The van der Waals surface area contributed by atoms with Crippen LogP contribution in [0.2, 0.25) is 0 Å². The molecule has 2 N–H and O–H groups in total. The number of ether oxygens (including phenoxy) is 2. The Bertz CT molecular complexity index is 1240. The maximum atomic E-state index is 11.6. The van der Waals surface area contributed by atoms with Gasteiger partial charge in [-0.1, -0.05) is 12.2 Å². The number of methoxy groups -OCH3 is 1. The van der Waals surface area contributed by atoms with E-state index in [0.29, 0.717) is 26.2 Å². The lowest BCUT2D eigenvalue weighted by molar-refractivity contribution is -0.132. The number of hydrogen-bond donors (Lipinski definition) is 2. The number of nitrogens with zero attached hydrogens (tertiary/aromatic N) is 1. The molecule has 7 heteroatoms. The van der Waals surface area contributed by atoms with Crippen LogP contribution in [0.3, 0.4) is 0 Å². The van der Waals surface area contributed by atoms with Gasteiger partial charge in [-0.25, -0.2) is 4.79 Å². The molecule has 1 aromatic carbocycles. The molecule has 1 aliphatic heterocycles. The molecule has 0 fully saturated rings. The van der Waals surface area contributed by atoms with E-state index in [9.17, 15) is 15.0 Å². The molecule has 0 unspecified atom stereocenters. The highest BCUT2D eigenvalue weighted by atomic mass is 16.5. The first kappa shape index (κ1) is 24.5. The van der Waals surface area contributed by atoms with Crippen molar-refractivity contribution in [2.45, 2.75) is 39.5 Å². The van der Waals surface area contributed by atoms with E-state index >= 15 is 0 Å². The monoisotopic (exact) mass is 477 g/mol. The van der Waals surface area contributed by atoms with Crippen molar-refractivity contribution in [3.8, 4) is 16.9 Å². The number of carbonyl (C=O) groups is 1. The molecular formula is C28H31NO6. The zero-order chi connectivity index (χ0) is 24.9. The van der Waals surface area contributed by atoms with Crippen LogP contribution in [0.4, 0.5) is 0 Å². The van der Waals surface area contributed by atoms with E-state index in [-0.39, 0.29) is 11.3 Å². The zero-order valence-corrected chi connectivity index (χ0v) is 20.4. The number of aliphatic imine (C=N–C) groups is 1.